The van der Waals surface area contributed by atoms with Crippen LogP contribution in [0.3, 0.4) is 0 Å². The molecule has 0 spiro atoms. The van der Waals surface area contributed by atoms with Gasteiger partial charge in [-0.05, 0) is 24.6 Å². The summed E-state index contributed by atoms with van der Waals surface area (Å²) < 4.78 is 38.4. The van der Waals surface area contributed by atoms with E-state index in [0.29, 0.717) is 5.56 Å². The molecule has 16 heavy (non-hydrogen) atoms. The molecule has 0 radical (unpaired) electrons. The molecule has 6 heteroatoms. The minimum Gasteiger partial charge on any atom is -0.329 e. The van der Waals surface area contributed by atoms with Gasteiger partial charge in [-0.2, -0.15) is 0 Å². The number of sulfonamides is 1. The molecule has 1 rings (SSSR count). The highest BCUT2D eigenvalue weighted by Gasteiger charge is 2.14. The van der Waals surface area contributed by atoms with Gasteiger partial charge in [0.1, 0.15) is 5.82 Å². The number of rotatable bonds is 5. The second-order valence-corrected chi connectivity index (χ2v) is 5.40. The smallest absolute Gasteiger partial charge is 0.216 e. The Labute approximate surface area is 94.7 Å². The van der Waals surface area contributed by atoms with E-state index >= 15 is 0 Å². The third kappa shape index (κ3) is 4.26. The van der Waals surface area contributed by atoms with E-state index in [2.05, 4.69) is 4.72 Å². The van der Waals surface area contributed by atoms with Crippen molar-refractivity contribution in [3.05, 3.63) is 35.6 Å². The summed E-state index contributed by atoms with van der Waals surface area (Å²) in [5.41, 5.74) is 5.72. The van der Waals surface area contributed by atoms with Crippen LogP contribution in [0.25, 0.3) is 0 Å². The molecule has 0 aromatic heterocycles. The Bertz CT molecular complexity index is 448. The molecule has 0 saturated carbocycles. The first-order valence-electron chi connectivity index (χ1n) is 4.87. The summed E-state index contributed by atoms with van der Waals surface area (Å²) >= 11 is 0. The average molecular weight is 246 g/mol. The van der Waals surface area contributed by atoms with Crippen molar-refractivity contribution >= 4 is 10.0 Å². The number of benzene rings is 1. The molecule has 0 bridgehead atoms. The van der Waals surface area contributed by atoms with Gasteiger partial charge < -0.3 is 5.73 Å². The van der Waals surface area contributed by atoms with Crippen molar-refractivity contribution in [2.24, 2.45) is 5.73 Å². The lowest BCUT2D eigenvalue weighted by Gasteiger charge is -2.11. The average Bonchev–Trinajstić information content (AvgIpc) is 2.15. The number of hydrogen-bond acceptors (Lipinski definition) is 3. The maximum Gasteiger partial charge on any atom is 0.216 e. The summed E-state index contributed by atoms with van der Waals surface area (Å²) in [5, 5.41) is 0. The normalized spacial score (nSPS) is 13.7. The highest BCUT2D eigenvalue weighted by Crippen LogP contribution is 2.07. The maximum atomic E-state index is 12.8. The second kappa shape index (κ2) is 5.38. The van der Waals surface area contributed by atoms with Crippen LogP contribution in [0.4, 0.5) is 4.39 Å². The first kappa shape index (κ1) is 13.1. The van der Waals surface area contributed by atoms with Crippen molar-refractivity contribution in [1.82, 2.24) is 4.72 Å². The van der Waals surface area contributed by atoms with Crippen LogP contribution in [0.1, 0.15) is 12.5 Å². The topological polar surface area (TPSA) is 72.2 Å². The van der Waals surface area contributed by atoms with Gasteiger partial charge in [0.05, 0.1) is 5.75 Å². The van der Waals surface area contributed by atoms with Gasteiger partial charge in [0.2, 0.25) is 10.0 Å². The van der Waals surface area contributed by atoms with Gasteiger partial charge in [-0.15, -0.1) is 0 Å². The van der Waals surface area contributed by atoms with E-state index in [1.165, 1.54) is 18.2 Å². The lowest BCUT2D eigenvalue weighted by molar-refractivity contribution is 0.561. The maximum absolute atomic E-state index is 12.8. The van der Waals surface area contributed by atoms with Crippen LogP contribution in [-0.4, -0.2) is 21.0 Å². The van der Waals surface area contributed by atoms with Crippen molar-refractivity contribution < 1.29 is 12.8 Å². The molecule has 0 heterocycles. The van der Waals surface area contributed by atoms with Gasteiger partial charge in [-0.3, -0.25) is 0 Å². The van der Waals surface area contributed by atoms with Crippen molar-refractivity contribution in [3.8, 4) is 0 Å². The molecule has 0 aliphatic heterocycles. The van der Waals surface area contributed by atoms with E-state index in [0.717, 1.165) is 0 Å². The molecule has 0 amide bonds. The highest BCUT2D eigenvalue weighted by atomic mass is 32.2. The van der Waals surface area contributed by atoms with Crippen LogP contribution in [0.5, 0.6) is 0 Å². The van der Waals surface area contributed by atoms with E-state index in [9.17, 15) is 12.8 Å². The molecule has 1 aromatic rings. The highest BCUT2D eigenvalue weighted by molar-refractivity contribution is 7.88. The number of nitrogens with one attached hydrogen (secondary N) is 1. The van der Waals surface area contributed by atoms with Crippen LogP contribution in [0.15, 0.2) is 24.3 Å². The van der Waals surface area contributed by atoms with E-state index in [4.69, 9.17) is 5.73 Å². The number of nitrogens with two attached hydrogens (primary N) is 1. The lowest BCUT2D eigenvalue weighted by atomic mass is 10.2. The van der Waals surface area contributed by atoms with Crippen molar-refractivity contribution in [3.63, 3.8) is 0 Å². The van der Waals surface area contributed by atoms with E-state index in [1.807, 2.05) is 0 Å². The summed E-state index contributed by atoms with van der Waals surface area (Å²) in [5.74, 6) is -0.686. The fourth-order valence-electron chi connectivity index (χ4n) is 1.24. The van der Waals surface area contributed by atoms with E-state index in [1.54, 1.807) is 13.0 Å². The summed E-state index contributed by atoms with van der Waals surface area (Å²) in [6.07, 6.45) is 0. The number of halogens is 1. The summed E-state index contributed by atoms with van der Waals surface area (Å²) in [7, 11) is -3.46. The third-order valence-corrected chi connectivity index (χ3v) is 3.45. The van der Waals surface area contributed by atoms with Gasteiger partial charge in [-0.1, -0.05) is 12.1 Å². The first-order chi connectivity index (χ1) is 7.43. The summed E-state index contributed by atoms with van der Waals surface area (Å²) in [4.78, 5) is 0. The SMILES string of the molecule is C[C@@H](CN)NS(=O)(=O)Cc1cccc(F)c1. The van der Waals surface area contributed by atoms with E-state index < -0.39 is 15.8 Å². The summed E-state index contributed by atoms with van der Waals surface area (Å²) in [6, 6.07) is 5.19. The van der Waals surface area contributed by atoms with Crippen molar-refractivity contribution in [1.29, 1.82) is 0 Å². The molecular weight excluding hydrogens is 231 g/mol. The van der Waals surface area contributed by atoms with Crippen LogP contribution >= 0.6 is 0 Å². The van der Waals surface area contributed by atoms with Gasteiger partial charge in [0.25, 0.3) is 0 Å². The van der Waals surface area contributed by atoms with Crippen LogP contribution in [-0.2, 0) is 15.8 Å². The monoisotopic (exact) mass is 246 g/mol. The predicted octanol–water partition coefficient (Wildman–Crippen LogP) is 0.592. The van der Waals surface area contributed by atoms with Gasteiger partial charge in [-0.25, -0.2) is 17.5 Å². The quantitative estimate of drug-likeness (QED) is 0.798. The van der Waals surface area contributed by atoms with E-state index in [-0.39, 0.29) is 18.3 Å². The van der Waals surface area contributed by atoms with Crippen LogP contribution < -0.4 is 10.5 Å². The molecular formula is C10H15FN2O2S. The minimum atomic E-state index is -3.46. The number of hydrogen-bond donors (Lipinski definition) is 2. The Morgan fingerprint density at radius 1 is 1.50 bits per heavy atom. The van der Waals surface area contributed by atoms with Crippen LogP contribution in [0, 0.1) is 5.82 Å². The molecule has 90 valence electrons. The van der Waals surface area contributed by atoms with Gasteiger partial charge in [0, 0.05) is 12.6 Å². The minimum absolute atomic E-state index is 0.225. The largest absolute Gasteiger partial charge is 0.329 e. The van der Waals surface area contributed by atoms with Crippen molar-refractivity contribution in [2.75, 3.05) is 6.54 Å². The fourth-order valence-corrected chi connectivity index (χ4v) is 2.65. The zero-order valence-corrected chi connectivity index (χ0v) is 9.80. The molecule has 3 N–H and O–H groups in total. The molecule has 0 aliphatic rings. The third-order valence-electron chi connectivity index (χ3n) is 1.98. The molecule has 0 unspecified atom stereocenters. The molecule has 0 aliphatic carbocycles. The molecule has 0 fully saturated rings. The lowest BCUT2D eigenvalue weighted by Crippen LogP contribution is -2.38. The Kier molecular flexibility index (Phi) is 4.40. The van der Waals surface area contributed by atoms with Gasteiger partial charge >= 0.3 is 0 Å². The Hall–Kier alpha value is -0.980. The first-order valence-corrected chi connectivity index (χ1v) is 6.52. The standard InChI is InChI=1S/C10H15FN2O2S/c1-8(6-12)13-16(14,15)7-9-3-2-4-10(11)5-9/h2-5,8,13H,6-7,12H2,1H3/t8-/m0/s1. The molecule has 1 aromatic carbocycles. The molecule has 4 nitrogen and oxygen atoms in total. The molecule has 1 atom stereocenters. The Balaban J connectivity index is 2.73. The van der Waals surface area contributed by atoms with Gasteiger partial charge in [0.15, 0.2) is 0 Å². The zero-order valence-electron chi connectivity index (χ0n) is 8.98. The van der Waals surface area contributed by atoms with Crippen molar-refractivity contribution in [2.45, 2.75) is 18.7 Å². The summed E-state index contributed by atoms with van der Waals surface area (Å²) in [6.45, 7) is 1.89. The second-order valence-electron chi connectivity index (χ2n) is 3.64. The Morgan fingerprint density at radius 3 is 2.75 bits per heavy atom. The Morgan fingerprint density at radius 2 is 2.19 bits per heavy atom. The molecule has 0 saturated heterocycles. The predicted molar refractivity (Wildman–Crippen MR) is 60.7 cm³/mol. The van der Waals surface area contributed by atoms with Crippen LogP contribution in [0.2, 0.25) is 0 Å². The zero-order chi connectivity index (χ0) is 12.2. The fraction of sp³-hybridized carbons (Fsp3) is 0.400.